The van der Waals surface area contributed by atoms with Crippen LogP contribution in [0.3, 0.4) is 0 Å². The smallest absolute Gasteiger partial charge is 0.158 e. The first-order valence-corrected chi connectivity index (χ1v) is 6.47. The van der Waals surface area contributed by atoms with Crippen LogP contribution in [0.4, 0.5) is 0 Å². The van der Waals surface area contributed by atoms with Gasteiger partial charge in [0, 0.05) is 17.4 Å². The van der Waals surface area contributed by atoms with E-state index in [9.17, 15) is 0 Å². The summed E-state index contributed by atoms with van der Waals surface area (Å²) in [5.41, 5.74) is 1.10. The Morgan fingerprint density at radius 1 is 1.69 bits per heavy atom. The normalized spacial score (nSPS) is 27.3. The number of nitrogens with zero attached hydrogens (tertiary/aromatic N) is 2. The van der Waals surface area contributed by atoms with Gasteiger partial charge >= 0.3 is 0 Å². The van der Waals surface area contributed by atoms with Gasteiger partial charge in [0.1, 0.15) is 6.54 Å². The quantitative estimate of drug-likeness (QED) is 0.879. The zero-order valence-corrected chi connectivity index (χ0v) is 10.7. The summed E-state index contributed by atoms with van der Waals surface area (Å²) in [6.45, 7) is 6.89. The van der Waals surface area contributed by atoms with E-state index >= 15 is 0 Å². The number of aryl methyl sites for hydroxylation is 1. The van der Waals surface area contributed by atoms with Crippen molar-refractivity contribution in [2.75, 3.05) is 5.75 Å². The molecule has 88 valence electrons. The summed E-state index contributed by atoms with van der Waals surface area (Å²) in [6.07, 6.45) is 1.11. The summed E-state index contributed by atoms with van der Waals surface area (Å²) in [7, 11) is 0. The SMILES string of the molecule is CCC1(C)CSC(=NCc2cc(C)no2)N1. The van der Waals surface area contributed by atoms with Gasteiger partial charge in [-0.25, -0.2) is 0 Å². The minimum Gasteiger partial charge on any atom is -0.359 e. The van der Waals surface area contributed by atoms with Crippen LogP contribution in [0.2, 0.25) is 0 Å². The number of nitrogens with one attached hydrogen (secondary N) is 1. The number of rotatable bonds is 3. The van der Waals surface area contributed by atoms with Crippen LogP contribution in [0.25, 0.3) is 0 Å². The van der Waals surface area contributed by atoms with Gasteiger partial charge < -0.3 is 9.84 Å². The molecule has 0 radical (unpaired) electrons. The molecule has 0 amide bonds. The summed E-state index contributed by atoms with van der Waals surface area (Å²) >= 11 is 1.78. The van der Waals surface area contributed by atoms with E-state index in [4.69, 9.17) is 4.52 Å². The van der Waals surface area contributed by atoms with Crippen molar-refractivity contribution in [3.8, 4) is 0 Å². The predicted molar refractivity (Wildman–Crippen MR) is 66.7 cm³/mol. The van der Waals surface area contributed by atoms with Crippen LogP contribution < -0.4 is 5.32 Å². The first-order chi connectivity index (χ1) is 7.61. The molecule has 1 aliphatic rings. The van der Waals surface area contributed by atoms with Crippen molar-refractivity contribution in [1.29, 1.82) is 0 Å². The summed E-state index contributed by atoms with van der Waals surface area (Å²) in [4.78, 5) is 4.48. The molecule has 1 N–H and O–H groups in total. The highest BCUT2D eigenvalue weighted by molar-refractivity contribution is 8.14. The van der Waals surface area contributed by atoms with Gasteiger partial charge in [0.15, 0.2) is 10.9 Å². The van der Waals surface area contributed by atoms with Gasteiger partial charge in [0.2, 0.25) is 0 Å². The standard InChI is InChI=1S/C11H17N3OS/c1-4-11(3)7-16-10(13-11)12-6-9-5-8(2)14-15-9/h5H,4,6-7H2,1-3H3,(H,12,13). The maximum atomic E-state index is 5.11. The van der Waals surface area contributed by atoms with Gasteiger partial charge in [-0.1, -0.05) is 23.8 Å². The zero-order valence-electron chi connectivity index (χ0n) is 9.91. The molecule has 0 saturated carbocycles. The Balaban J connectivity index is 1.95. The molecular weight excluding hydrogens is 222 g/mol. The van der Waals surface area contributed by atoms with Crippen molar-refractivity contribution in [3.05, 3.63) is 17.5 Å². The molecule has 2 heterocycles. The monoisotopic (exact) mass is 239 g/mol. The topological polar surface area (TPSA) is 50.4 Å². The molecule has 1 unspecified atom stereocenters. The number of hydrogen-bond donors (Lipinski definition) is 1. The summed E-state index contributed by atoms with van der Waals surface area (Å²) in [5, 5.41) is 8.29. The van der Waals surface area contributed by atoms with Gasteiger partial charge in [-0.15, -0.1) is 0 Å². The second-order valence-electron chi connectivity index (χ2n) is 4.38. The molecule has 0 bridgehead atoms. The summed E-state index contributed by atoms with van der Waals surface area (Å²) in [6, 6.07) is 1.92. The van der Waals surface area contributed by atoms with Crippen molar-refractivity contribution < 1.29 is 4.52 Å². The third kappa shape index (κ3) is 2.58. The lowest BCUT2D eigenvalue weighted by Crippen LogP contribution is -2.39. The van der Waals surface area contributed by atoms with Crippen LogP contribution in [0.15, 0.2) is 15.6 Å². The second kappa shape index (κ2) is 4.49. The highest BCUT2D eigenvalue weighted by atomic mass is 32.2. The van der Waals surface area contributed by atoms with E-state index in [1.165, 1.54) is 0 Å². The molecule has 4 nitrogen and oxygen atoms in total. The maximum Gasteiger partial charge on any atom is 0.158 e. The molecule has 1 atom stereocenters. The Morgan fingerprint density at radius 3 is 3.06 bits per heavy atom. The molecule has 1 saturated heterocycles. The van der Waals surface area contributed by atoms with Gasteiger partial charge in [0.25, 0.3) is 0 Å². The largest absolute Gasteiger partial charge is 0.359 e. The van der Waals surface area contributed by atoms with Crippen LogP contribution in [0.1, 0.15) is 31.7 Å². The molecule has 16 heavy (non-hydrogen) atoms. The summed E-state index contributed by atoms with van der Waals surface area (Å²) in [5.74, 6) is 1.90. The third-order valence-corrected chi connectivity index (χ3v) is 4.06. The molecule has 1 aromatic rings. The molecule has 1 aromatic heterocycles. The molecule has 0 aliphatic carbocycles. The molecular formula is C11H17N3OS. The molecule has 0 aromatic carbocycles. The first kappa shape index (κ1) is 11.5. The highest BCUT2D eigenvalue weighted by Crippen LogP contribution is 2.25. The van der Waals surface area contributed by atoms with Crippen LogP contribution in [0.5, 0.6) is 0 Å². The fraction of sp³-hybridized carbons (Fsp3) is 0.636. The fourth-order valence-electron chi connectivity index (χ4n) is 1.47. The fourth-order valence-corrected chi connectivity index (χ4v) is 2.68. The highest BCUT2D eigenvalue weighted by Gasteiger charge is 2.30. The van der Waals surface area contributed by atoms with Crippen molar-refractivity contribution >= 4 is 16.9 Å². The predicted octanol–water partition coefficient (Wildman–Crippen LogP) is 2.34. The van der Waals surface area contributed by atoms with Crippen LogP contribution >= 0.6 is 11.8 Å². The second-order valence-corrected chi connectivity index (χ2v) is 5.35. The molecule has 1 aliphatic heterocycles. The van der Waals surface area contributed by atoms with E-state index in [0.717, 1.165) is 28.8 Å². The van der Waals surface area contributed by atoms with Crippen molar-refractivity contribution in [1.82, 2.24) is 10.5 Å². The lowest BCUT2D eigenvalue weighted by Gasteiger charge is -2.20. The number of aliphatic imine (C=N–C) groups is 1. The van der Waals surface area contributed by atoms with E-state index in [2.05, 4.69) is 29.3 Å². The Kier molecular flexibility index (Phi) is 3.23. The van der Waals surface area contributed by atoms with Crippen molar-refractivity contribution in [2.24, 2.45) is 4.99 Å². The number of thioether (sulfide) groups is 1. The Morgan fingerprint density at radius 2 is 2.50 bits per heavy atom. The zero-order chi connectivity index (χ0) is 11.6. The summed E-state index contributed by atoms with van der Waals surface area (Å²) < 4.78 is 5.11. The number of hydrogen-bond acceptors (Lipinski definition) is 4. The van der Waals surface area contributed by atoms with Gasteiger partial charge in [-0.2, -0.15) is 0 Å². The van der Waals surface area contributed by atoms with E-state index < -0.39 is 0 Å². The number of aromatic nitrogens is 1. The average Bonchev–Trinajstić information content (AvgIpc) is 2.83. The minimum absolute atomic E-state index is 0.195. The van der Waals surface area contributed by atoms with E-state index in [1.807, 2.05) is 13.0 Å². The van der Waals surface area contributed by atoms with E-state index in [1.54, 1.807) is 11.8 Å². The van der Waals surface area contributed by atoms with Gasteiger partial charge in [-0.3, -0.25) is 4.99 Å². The van der Waals surface area contributed by atoms with E-state index in [-0.39, 0.29) is 5.54 Å². The molecule has 5 heteroatoms. The molecule has 0 spiro atoms. The lowest BCUT2D eigenvalue weighted by atomic mass is 10.0. The first-order valence-electron chi connectivity index (χ1n) is 5.49. The van der Waals surface area contributed by atoms with Gasteiger partial charge in [0.05, 0.1) is 5.69 Å². The Labute approximate surface area is 99.9 Å². The van der Waals surface area contributed by atoms with Crippen LogP contribution in [-0.2, 0) is 6.54 Å². The van der Waals surface area contributed by atoms with E-state index in [0.29, 0.717) is 6.54 Å². The van der Waals surface area contributed by atoms with Crippen molar-refractivity contribution in [2.45, 2.75) is 39.3 Å². The number of amidine groups is 1. The maximum absolute atomic E-state index is 5.11. The molecule has 1 fully saturated rings. The van der Waals surface area contributed by atoms with Gasteiger partial charge in [-0.05, 0) is 20.3 Å². The Hall–Kier alpha value is -0.970. The third-order valence-electron chi connectivity index (χ3n) is 2.77. The lowest BCUT2D eigenvalue weighted by molar-refractivity contribution is 0.381. The van der Waals surface area contributed by atoms with Crippen molar-refractivity contribution in [3.63, 3.8) is 0 Å². The molecule has 2 rings (SSSR count). The Bertz CT molecular complexity index is 402. The average molecular weight is 239 g/mol. The van der Waals surface area contributed by atoms with Crippen LogP contribution in [-0.4, -0.2) is 21.6 Å². The minimum atomic E-state index is 0.195. The van der Waals surface area contributed by atoms with Crippen LogP contribution in [0, 0.1) is 6.92 Å².